The minimum absolute atomic E-state index is 0.503. The molecule has 0 aromatic heterocycles. The van der Waals surface area contributed by atoms with Crippen LogP contribution in [0.25, 0.3) is 28.0 Å². The summed E-state index contributed by atoms with van der Waals surface area (Å²) < 4.78 is 30.0. The molecule has 238 valence electrons. The second-order valence-corrected chi connectivity index (χ2v) is 12.4. The first-order valence-electron chi connectivity index (χ1n) is 16.0. The van der Waals surface area contributed by atoms with E-state index in [1.54, 1.807) is 28.4 Å². The molecule has 0 radical (unpaired) electrons. The maximum absolute atomic E-state index is 7.43. The Bertz CT molecular complexity index is 2170. The van der Waals surface area contributed by atoms with Crippen LogP contribution in [0.2, 0.25) is 0 Å². The normalized spacial score (nSPS) is 16.8. The zero-order valence-corrected chi connectivity index (χ0v) is 27.7. The zero-order valence-electron chi connectivity index (χ0n) is 27.7. The van der Waals surface area contributed by atoms with Crippen LogP contribution in [0.15, 0.2) is 121 Å². The van der Waals surface area contributed by atoms with Gasteiger partial charge in [-0.2, -0.15) is 0 Å². The summed E-state index contributed by atoms with van der Waals surface area (Å²) in [5.74, 6) is 4.06. The summed E-state index contributed by atoms with van der Waals surface area (Å²) in [7, 11) is 6.80. The highest BCUT2D eigenvalue weighted by molar-refractivity contribution is 6.07. The van der Waals surface area contributed by atoms with Crippen LogP contribution in [0.3, 0.4) is 0 Å². The van der Waals surface area contributed by atoms with Crippen LogP contribution >= 0.6 is 0 Å². The Morgan fingerprint density at radius 1 is 0.542 bits per heavy atom. The van der Waals surface area contributed by atoms with E-state index in [1.165, 1.54) is 16.7 Å². The fourth-order valence-electron chi connectivity index (χ4n) is 7.70. The molecule has 0 N–H and O–H groups in total. The highest BCUT2D eigenvalue weighted by Crippen LogP contribution is 2.60. The average Bonchev–Trinajstić information content (AvgIpc) is 3.43. The fraction of sp³-hybridized carbons (Fsp3) is 0.163. The quantitative estimate of drug-likeness (QED) is 0.175. The molecule has 0 saturated heterocycles. The van der Waals surface area contributed by atoms with Gasteiger partial charge in [0, 0.05) is 27.5 Å². The molecule has 0 fully saturated rings. The summed E-state index contributed by atoms with van der Waals surface area (Å²) in [5.41, 5.74) is 7.52. The van der Waals surface area contributed by atoms with Crippen molar-refractivity contribution in [3.63, 3.8) is 0 Å². The van der Waals surface area contributed by atoms with Gasteiger partial charge in [0.25, 0.3) is 0 Å². The molecule has 1 aliphatic heterocycles. The van der Waals surface area contributed by atoms with Gasteiger partial charge in [-0.15, -0.1) is 0 Å². The van der Waals surface area contributed by atoms with Crippen LogP contribution in [0, 0.1) is 0 Å². The Kier molecular flexibility index (Phi) is 6.95. The maximum atomic E-state index is 7.43. The molecule has 0 spiro atoms. The molecule has 5 nitrogen and oxygen atoms in total. The maximum Gasteiger partial charge on any atom is 0.178 e. The van der Waals surface area contributed by atoms with Crippen molar-refractivity contribution in [3.8, 4) is 39.9 Å². The first kappa shape index (κ1) is 29.7. The summed E-state index contributed by atoms with van der Waals surface area (Å²) in [6.45, 7) is 2.32. The fourth-order valence-corrected chi connectivity index (χ4v) is 7.70. The first-order valence-corrected chi connectivity index (χ1v) is 16.0. The molecule has 6 aromatic rings. The van der Waals surface area contributed by atoms with Crippen molar-refractivity contribution >= 4 is 16.8 Å². The molecular formula is C43H36O5. The van der Waals surface area contributed by atoms with E-state index in [1.807, 2.05) is 36.4 Å². The van der Waals surface area contributed by atoms with Gasteiger partial charge in [-0.1, -0.05) is 66.7 Å². The van der Waals surface area contributed by atoms with E-state index < -0.39 is 11.0 Å². The van der Waals surface area contributed by atoms with E-state index >= 15 is 0 Å². The van der Waals surface area contributed by atoms with E-state index in [-0.39, 0.29) is 0 Å². The van der Waals surface area contributed by atoms with Gasteiger partial charge in [0.05, 0.1) is 28.4 Å². The Morgan fingerprint density at radius 3 is 1.75 bits per heavy atom. The molecule has 0 bridgehead atoms. The number of hydrogen-bond acceptors (Lipinski definition) is 5. The van der Waals surface area contributed by atoms with E-state index in [0.29, 0.717) is 0 Å². The second kappa shape index (κ2) is 11.2. The molecule has 5 heteroatoms. The van der Waals surface area contributed by atoms with Gasteiger partial charge in [-0.25, -0.2) is 0 Å². The van der Waals surface area contributed by atoms with Crippen LogP contribution in [-0.4, -0.2) is 28.4 Å². The molecule has 8 rings (SSSR count). The minimum Gasteiger partial charge on any atom is -0.497 e. The highest BCUT2D eigenvalue weighted by atomic mass is 16.5. The molecular weight excluding hydrogens is 596 g/mol. The van der Waals surface area contributed by atoms with Crippen molar-refractivity contribution in [2.75, 3.05) is 28.4 Å². The van der Waals surface area contributed by atoms with Gasteiger partial charge in [0.15, 0.2) is 5.60 Å². The molecule has 48 heavy (non-hydrogen) atoms. The number of ether oxygens (including phenoxy) is 5. The zero-order chi connectivity index (χ0) is 33.0. The van der Waals surface area contributed by atoms with Crippen LogP contribution in [0.5, 0.6) is 28.7 Å². The summed E-state index contributed by atoms with van der Waals surface area (Å²) in [6.07, 6.45) is 4.45. The van der Waals surface area contributed by atoms with Crippen molar-refractivity contribution in [1.29, 1.82) is 0 Å². The second-order valence-electron chi connectivity index (χ2n) is 12.4. The first-order chi connectivity index (χ1) is 23.4. The van der Waals surface area contributed by atoms with Gasteiger partial charge in [-0.3, -0.25) is 0 Å². The van der Waals surface area contributed by atoms with Gasteiger partial charge in [0.1, 0.15) is 28.7 Å². The SMILES string of the molecule is COc1ccc(C2(c3ccc(OC)cc3)C=Cc3c4c(c5ccccc5c3O2)C(C)(c2cccc(OC)c2)c2cc(OC)ccc2-4)cc1. The molecule has 2 aliphatic rings. The Morgan fingerprint density at radius 2 is 1.12 bits per heavy atom. The molecule has 0 amide bonds. The number of methoxy groups -OCH3 is 4. The highest BCUT2D eigenvalue weighted by Gasteiger charge is 2.47. The molecule has 1 aliphatic carbocycles. The van der Waals surface area contributed by atoms with Gasteiger partial charge >= 0.3 is 0 Å². The standard InChI is InChI=1S/C43H36O5/c1-42(29-9-8-10-32(25-29)46-4)38-26-33(47-5)21-22-36(38)39-37-23-24-43(27-13-17-30(44-2)18-14-27,28-15-19-31(45-3)20-16-28)48-41(37)35-12-7-6-11-34(35)40(39)42/h6-26H,1-5H3. The van der Waals surface area contributed by atoms with E-state index in [4.69, 9.17) is 23.7 Å². The number of benzene rings is 6. The smallest absolute Gasteiger partial charge is 0.178 e. The third kappa shape index (κ3) is 4.24. The number of fused-ring (bicyclic) bond motifs is 8. The monoisotopic (exact) mass is 632 g/mol. The average molecular weight is 633 g/mol. The number of hydrogen-bond donors (Lipinski definition) is 0. The van der Waals surface area contributed by atoms with Crippen LogP contribution < -0.4 is 23.7 Å². The molecule has 0 saturated carbocycles. The predicted octanol–water partition coefficient (Wildman–Crippen LogP) is 9.56. The minimum atomic E-state index is -0.903. The lowest BCUT2D eigenvalue weighted by Crippen LogP contribution is -2.34. The lowest BCUT2D eigenvalue weighted by molar-refractivity contribution is 0.163. The van der Waals surface area contributed by atoms with E-state index in [9.17, 15) is 0 Å². The summed E-state index contributed by atoms with van der Waals surface area (Å²) in [5, 5.41) is 2.19. The van der Waals surface area contributed by atoms with Gasteiger partial charge < -0.3 is 23.7 Å². The van der Waals surface area contributed by atoms with Crippen LogP contribution in [0.1, 0.15) is 40.3 Å². The Labute approximate surface area is 280 Å². The van der Waals surface area contributed by atoms with E-state index in [2.05, 4.69) is 97.9 Å². The van der Waals surface area contributed by atoms with Crippen molar-refractivity contribution in [3.05, 3.63) is 155 Å². The van der Waals surface area contributed by atoms with Gasteiger partial charge in [0.2, 0.25) is 0 Å². The van der Waals surface area contributed by atoms with Crippen molar-refractivity contribution in [2.45, 2.75) is 17.9 Å². The Balaban J connectivity index is 1.44. The van der Waals surface area contributed by atoms with Crippen LogP contribution in [-0.2, 0) is 11.0 Å². The third-order valence-corrected chi connectivity index (χ3v) is 10.2. The molecule has 1 atom stereocenters. The number of rotatable bonds is 7. The summed E-state index contributed by atoms with van der Waals surface area (Å²) >= 11 is 0. The van der Waals surface area contributed by atoms with Crippen molar-refractivity contribution < 1.29 is 23.7 Å². The van der Waals surface area contributed by atoms with E-state index in [0.717, 1.165) is 67.3 Å². The summed E-state index contributed by atoms with van der Waals surface area (Å²) in [4.78, 5) is 0. The molecule has 1 heterocycles. The van der Waals surface area contributed by atoms with Crippen molar-refractivity contribution in [2.24, 2.45) is 0 Å². The van der Waals surface area contributed by atoms with Gasteiger partial charge in [-0.05, 0) is 101 Å². The third-order valence-electron chi connectivity index (χ3n) is 10.2. The van der Waals surface area contributed by atoms with Crippen molar-refractivity contribution in [1.82, 2.24) is 0 Å². The topological polar surface area (TPSA) is 46.2 Å². The lowest BCUT2D eigenvalue weighted by atomic mass is 9.72. The molecule has 6 aromatic carbocycles. The predicted molar refractivity (Wildman–Crippen MR) is 191 cm³/mol. The van der Waals surface area contributed by atoms with Crippen LogP contribution in [0.4, 0.5) is 0 Å². The largest absolute Gasteiger partial charge is 0.497 e. The summed E-state index contributed by atoms with van der Waals surface area (Å²) in [6, 6.07) is 39.7. The molecule has 1 unspecified atom stereocenters. The Hall–Kier alpha value is -5.68. The lowest BCUT2D eigenvalue weighted by Gasteiger charge is -2.38.